The van der Waals surface area contributed by atoms with E-state index in [1.807, 2.05) is 0 Å². The molecule has 0 atom stereocenters. The molecule has 1 fully saturated rings. The Bertz CT molecular complexity index is 930. The number of halogens is 4. The monoisotopic (exact) mass is 409 g/mol. The molecule has 1 aromatic heterocycles. The molecule has 0 N–H and O–H groups in total. The summed E-state index contributed by atoms with van der Waals surface area (Å²) in [5.41, 5.74) is -1.00. The summed E-state index contributed by atoms with van der Waals surface area (Å²) in [6.07, 6.45) is -4.11. The molecule has 9 heteroatoms. The Kier molecular flexibility index (Phi) is 5.86. The van der Waals surface area contributed by atoms with E-state index >= 15 is 0 Å². The fraction of sp³-hybridized carbons (Fsp3) is 0.350. The molecule has 1 aromatic carbocycles. The number of benzene rings is 1. The number of nitrogens with zero attached hydrogens (tertiary/aromatic N) is 3. The van der Waals surface area contributed by atoms with Crippen molar-refractivity contribution in [2.45, 2.75) is 19.5 Å². The lowest BCUT2D eigenvalue weighted by molar-refractivity contribution is -0.141. The third-order valence-corrected chi connectivity index (χ3v) is 4.78. The van der Waals surface area contributed by atoms with Crippen LogP contribution < -0.4 is 0 Å². The number of rotatable bonds is 2. The van der Waals surface area contributed by atoms with Crippen LogP contribution in [0.3, 0.4) is 0 Å². The van der Waals surface area contributed by atoms with Gasteiger partial charge < -0.3 is 9.80 Å². The van der Waals surface area contributed by atoms with Crippen LogP contribution in [0, 0.1) is 12.7 Å². The molecule has 0 bridgehead atoms. The maximum Gasteiger partial charge on any atom is 0.433 e. The standard InChI is InChI=1S/C20H19F4N3O2/c1-13-14(7-8-17(25-13)20(22,23)24)18(28)26-9-4-10-27(12-11-26)19(29)15-5-2-3-6-16(15)21/h2-3,5-8H,4,9-12H2,1H3. The van der Waals surface area contributed by atoms with E-state index in [9.17, 15) is 27.2 Å². The molecule has 2 heterocycles. The van der Waals surface area contributed by atoms with Gasteiger partial charge in [0.2, 0.25) is 0 Å². The third-order valence-electron chi connectivity index (χ3n) is 4.78. The zero-order chi connectivity index (χ0) is 21.2. The number of aromatic nitrogens is 1. The average Bonchev–Trinajstić information content (AvgIpc) is 2.93. The van der Waals surface area contributed by atoms with E-state index in [4.69, 9.17) is 0 Å². The number of pyridine rings is 1. The van der Waals surface area contributed by atoms with Gasteiger partial charge in [-0.25, -0.2) is 9.37 Å². The maximum absolute atomic E-state index is 13.9. The van der Waals surface area contributed by atoms with Crippen molar-refractivity contribution < 1.29 is 27.2 Å². The number of hydrogen-bond acceptors (Lipinski definition) is 3. The van der Waals surface area contributed by atoms with Gasteiger partial charge in [0.1, 0.15) is 11.5 Å². The molecule has 0 saturated carbocycles. The quantitative estimate of drug-likeness (QED) is 0.713. The summed E-state index contributed by atoms with van der Waals surface area (Å²) in [5, 5.41) is 0. The lowest BCUT2D eigenvalue weighted by Crippen LogP contribution is -2.38. The summed E-state index contributed by atoms with van der Waals surface area (Å²) in [7, 11) is 0. The van der Waals surface area contributed by atoms with Crippen molar-refractivity contribution in [2.75, 3.05) is 26.2 Å². The van der Waals surface area contributed by atoms with E-state index in [-0.39, 0.29) is 29.9 Å². The van der Waals surface area contributed by atoms with Crippen LogP contribution in [0.4, 0.5) is 17.6 Å². The second kappa shape index (κ2) is 8.18. The van der Waals surface area contributed by atoms with Crippen LogP contribution in [0.2, 0.25) is 0 Å². The van der Waals surface area contributed by atoms with Gasteiger partial charge in [-0.05, 0) is 37.6 Å². The van der Waals surface area contributed by atoms with E-state index in [0.717, 1.165) is 12.1 Å². The predicted molar refractivity (Wildman–Crippen MR) is 96.8 cm³/mol. The molecule has 5 nitrogen and oxygen atoms in total. The first-order chi connectivity index (χ1) is 13.7. The van der Waals surface area contributed by atoms with Gasteiger partial charge >= 0.3 is 6.18 Å². The highest BCUT2D eigenvalue weighted by atomic mass is 19.4. The first-order valence-corrected chi connectivity index (χ1v) is 9.06. The first kappa shape index (κ1) is 20.8. The van der Waals surface area contributed by atoms with E-state index < -0.39 is 29.5 Å². The number of hydrogen-bond donors (Lipinski definition) is 0. The Labute approximate surface area is 164 Å². The van der Waals surface area contributed by atoms with Crippen LogP contribution in [0.1, 0.15) is 38.5 Å². The molecular weight excluding hydrogens is 390 g/mol. The van der Waals surface area contributed by atoms with E-state index in [1.165, 1.54) is 34.9 Å². The number of aryl methyl sites for hydroxylation is 1. The van der Waals surface area contributed by atoms with Gasteiger partial charge in [0, 0.05) is 26.2 Å². The van der Waals surface area contributed by atoms with Gasteiger partial charge in [-0.2, -0.15) is 13.2 Å². The lowest BCUT2D eigenvalue weighted by atomic mass is 10.1. The molecule has 0 radical (unpaired) electrons. The summed E-state index contributed by atoms with van der Waals surface area (Å²) >= 11 is 0. The maximum atomic E-state index is 13.9. The molecule has 0 spiro atoms. The highest BCUT2D eigenvalue weighted by Crippen LogP contribution is 2.28. The fourth-order valence-electron chi connectivity index (χ4n) is 3.24. The van der Waals surface area contributed by atoms with Crippen molar-refractivity contribution in [2.24, 2.45) is 0 Å². The smallest absolute Gasteiger partial charge is 0.337 e. The Hall–Kier alpha value is -2.97. The number of carbonyl (C=O) groups is 2. The predicted octanol–water partition coefficient (Wildman–Crippen LogP) is 3.54. The van der Waals surface area contributed by atoms with Crippen LogP contribution in [0.25, 0.3) is 0 Å². The minimum atomic E-state index is -4.58. The molecule has 1 aliphatic rings. The van der Waals surface area contributed by atoms with E-state index in [0.29, 0.717) is 19.5 Å². The van der Waals surface area contributed by atoms with Gasteiger partial charge in [-0.15, -0.1) is 0 Å². The molecule has 29 heavy (non-hydrogen) atoms. The van der Waals surface area contributed by atoms with Gasteiger partial charge in [-0.1, -0.05) is 12.1 Å². The normalized spacial score (nSPS) is 15.2. The Morgan fingerprint density at radius 1 is 0.897 bits per heavy atom. The SMILES string of the molecule is Cc1nc(C(F)(F)F)ccc1C(=O)N1CCCN(C(=O)c2ccccc2F)CC1. The van der Waals surface area contributed by atoms with Crippen LogP contribution >= 0.6 is 0 Å². The molecule has 154 valence electrons. The lowest BCUT2D eigenvalue weighted by Gasteiger charge is -2.23. The van der Waals surface area contributed by atoms with Crippen LogP contribution in [0.5, 0.6) is 0 Å². The fourth-order valence-corrected chi connectivity index (χ4v) is 3.24. The molecule has 3 rings (SSSR count). The van der Waals surface area contributed by atoms with Crippen molar-refractivity contribution in [3.8, 4) is 0 Å². The summed E-state index contributed by atoms with van der Waals surface area (Å²) in [4.78, 5) is 31.8. The number of alkyl halides is 3. The minimum Gasteiger partial charge on any atom is -0.337 e. The van der Waals surface area contributed by atoms with Gasteiger partial charge in [0.25, 0.3) is 11.8 Å². The largest absolute Gasteiger partial charge is 0.433 e. The van der Waals surface area contributed by atoms with Crippen molar-refractivity contribution >= 4 is 11.8 Å². The Morgan fingerprint density at radius 2 is 1.48 bits per heavy atom. The first-order valence-electron chi connectivity index (χ1n) is 9.06. The third kappa shape index (κ3) is 4.55. The van der Waals surface area contributed by atoms with Crippen LogP contribution in [-0.2, 0) is 6.18 Å². The van der Waals surface area contributed by atoms with Gasteiger partial charge in [0.15, 0.2) is 0 Å². The Balaban J connectivity index is 1.72. The van der Waals surface area contributed by atoms with Crippen molar-refractivity contribution in [3.63, 3.8) is 0 Å². The molecule has 0 unspecified atom stereocenters. The second-order valence-electron chi connectivity index (χ2n) is 6.75. The second-order valence-corrected chi connectivity index (χ2v) is 6.75. The summed E-state index contributed by atoms with van der Waals surface area (Å²) < 4.78 is 52.2. The van der Waals surface area contributed by atoms with E-state index in [2.05, 4.69) is 4.98 Å². The van der Waals surface area contributed by atoms with Gasteiger partial charge in [0.05, 0.1) is 16.8 Å². The molecule has 0 aliphatic carbocycles. The molecule has 1 aliphatic heterocycles. The zero-order valence-corrected chi connectivity index (χ0v) is 15.7. The number of carbonyl (C=O) groups excluding carboxylic acids is 2. The summed E-state index contributed by atoms with van der Waals surface area (Å²) in [5.74, 6) is -1.50. The topological polar surface area (TPSA) is 53.5 Å². The summed E-state index contributed by atoms with van der Waals surface area (Å²) in [6.45, 7) is 2.43. The summed E-state index contributed by atoms with van der Waals surface area (Å²) in [6, 6.07) is 7.59. The van der Waals surface area contributed by atoms with Crippen LogP contribution in [-0.4, -0.2) is 52.8 Å². The number of amides is 2. The minimum absolute atomic E-state index is 0.00615. The average molecular weight is 409 g/mol. The highest BCUT2D eigenvalue weighted by Gasteiger charge is 2.33. The molecule has 2 aromatic rings. The van der Waals surface area contributed by atoms with Crippen molar-refractivity contribution in [1.82, 2.24) is 14.8 Å². The highest BCUT2D eigenvalue weighted by molar-refractivity contribution is 5.96. The van der Waals surface area contributed by atoms with Crippen molar-refractivity contribution in [1.29, 1.82) is 0 Å². The van der Waals surface area contributed by atoms with Crippen LogP contribution in [0.15, 0.2) is 36.4 Å². The van der Waals surface area contributed by atoms with E-state index in [1.54, 1.807) is 6.07 Å². The van der Waals surface area contributed by atoms with Gasteiger partial charge in [-0.3, -0.25) is 9.59 Å². The molecule has 1 saturated heterocycles. The van der Waals surface area contributed by atoms with Crippen molar-refractivity contribution in [3.05, 3.63) is 64.7 Å². The molecule has 2 amide bonds. The molecular formula is C20H19F4N3O2. The zero-order valence-electron chi connectivity index (χ0n) is 15.7. The Morgan fingerprint density at radius 3 is 2.03 bits per heavy atom.